The van der Waals surface area contributed by atoms with Gasteiger partial charge in [0.15, 0.2) is 0 Å². The first-order valence-electron chi connectivity index (χ1n) is 7.34. The first-order valence-corrected chi connectivity index (χ1v) is 7.34. The van der Waals surface area contributed by atoms with Crippen molar-refractivity contribution in [2.24, 2.45) is 5.92 Å². The minimum Gasteiger partial charge on any atom is -0.497 e. The summed E-state index contributed by atoms with van der Waals surface area (Å²) in [5, 5.41) is 0. The molecular weight excluding hydrogens is 256 g/mol. The molecule has 0 heterocycles. The quantitative estimate of drug-likeness (QED) is 0.742. The van der Waals surface area contributed by atoms with Gasteiger partial charge in [0.25, 0.3) is 0 Å². The molecule has 1 nitrogen and oxygen atoms in total. The maximum Gasteiger partial charge on any atom is 0.118 e. The van der Waals surface area contributed by atoms with Crippen molar-refractivity contribution in [2.75, 3.05) is 7.11 Å². The van der Waals surface area contributed by atoms with Crippen LogP contribution in [-0.2, 0) is 5.41 Å². The van der Waals surface area contributed by atoms with Crippen LogP contribution < -0.4 is 4.74 Å². The van der Waals surface area contributed by atoms with Crippen LogP contribution in [0.3, 0.4) is 0 Å². The molecule has 1 heteroatoms. The lowest BCUT2D eigenvalue weighted by molar-refractivity contribution is 0.415. The van der Waals surface area contributed by atoms with Crippen LogP contribution in [0, 0.1) is 24.7 Å². The lowest BCUT2D eigenvalue weighted by atomic mass is 9.95. The van der Waals surface area contributed by atoms with Crippen LogP contribution in [0.4, 0.5) is 0 Å². The SMILES string of the molecule is COc1ccc(C#C[C@@H]2C[C@@]2(C)c2ccc(C)cc2)cc1. The highest BCUT2D eigenvalue weighted by atomic mass is 16.5. The lowest BCUT2D eigenvalue weighted by Gasteiger charge is -2.09. The van der Waals surface area contributed by atoms with Crippen LogP contribution in [0.25, 0.3) is 0 Å². The van der Waals surface area contributed by atoms with E-state index in [0.717, 1.165) is 17.7 Å². The Balaban J connectivity index is 1.73. The second-order valence-corrected chi connectivity index (χ2v) is 6.04. The third-order valence-electron chi connectivity index (χ3n) is 4.43. The summed E-state index contributed by atoms with van der Waals surface area (Å²) in [5.41, 5.74) is 3.99. The average molecular weight is 276 g/mol. The number of ether oxygens (including phenoxy) is 1. The molecule has 106 valence electrons. The summed E-state index contributed by atoms with van der Waals surface area (Å²) < 4.78 is 5.16. The molecule has 0 N–H and O–H groups in total. The molecule has 1 saturated carbocycles. The third-order valence-corrected chi connectivity index (χ3v) is 4.43. The molecule has 1 aliphatic rings. The fourth-order valence-corrected chi connectivity index (χ4v) is 2.67. The summed E-state index contributed by atoms with van der Waals surface area (Å²) in [4.78, 5) is 0. The standard InChI is InChI=1S/C20H20O/c1-15-4-9-17(10-5-15)20(2)14-18(20)11-6-16-7-12-19(21-3)13-8-16/h4-5,7-10,12-13,18H,14H2,1-3H3/t18-,20+/m1/s1. The van der Waals surface area contributed by atoms with Crippen LogP contribution in [0.5, 0.6) is 5.75 Å². The van der Waals surface area contributed by atoms with E-state index in [1.54, 1.807) is 7.11 Å². The van der Waals surface area contributed by atoms with Gasteiger partial charge in [-0.15, -0.1) is 0 Å². The van der Waals surface area contributed by atoms with Crippen molar-refractivity contribution in [3.05, 3.63) is 65.2 Å². The molecule has 2 aromatic rings. The topological polar surface area (TPSA) is 9.23 Å². The third kappa shape index (κ3) is 2.81. The Bertz CT molecular complexity index is 685. The zero-order valence-electron chi connectivity index (χ0n) is 12.8. The van der Waals surface area contributed by atoms with Gasteiger partial charge >= 0.3 is 0 Å². The van der Waals surface area contributed by atoms with Gasteiger partial charge in [-0.05, 0) is 43.2 Å². The minimum absolute atomic E-state index is 0.229. The number of hydrogen-bond donors (Lipinski definition) is 0. The van der Waals surface area contributed by atoms with E-state index in [1.807, 2.05) is 24.3 Å². The number of hydrogen-bond acceptors (Lipinski definition) is 1. The predicted molar refractivity (Wildman–Crippen MR) is 86.5 cm³/mol. The molecule has 0 radical (unpaired) electrons. The maximum absolute atomic E-state index is 5.16. The summed E-state index contributed by atoms with van der Waals surface area (Å²) in [6.07, 6.45) is 1.15. The van der Waals surface area contributed by atoms with Crippen molar-refractivity contribution in [1.82, 2.24) is 0 Å². The summed E-state index contributed by atoms with van der Waals surface area (Å²) in [7, 11) is 1.68. The first-order chi connectivity index (χ1) is 10.1. The summed E-state index contributed by atoms with van der Waals surface area (Å²) >= 11 is 0. The molecule has 3 rings (SSSR count). The molecule has 21 heavy (non-hydrogen) atoms. The molecular formula is C20H20O. The minimum atomic E-state index is 0.229. The van der Waals surface area contributed by atoms with Crippen molar-refractivity contribution >= 4 is 0 Å². The average Bonchev–Trinajstić information content (AvgIpc) is 3.18. The van der Waals surface area contributed by atoms with E-state index in [1.165, 1.54) is 11.1 Å². The van der Waals surface area contributed by atoms with Crippen LogP contribution >= 0.6 is 0 Å². The highest BCUT2D eigenvalue weighted by molar-refractivity contribution is 5.43. The molecule has 0 bridgehead atoms. The Morgan fingerprint density at radius 2 is 1.71 bits per heavy atom. The van der Waals surface area contributed by atoms with E-state index in [-0.39, 0.29) is 5.41 Å². The second-order valence-electron chi connectivity index (χ2n) is 6.04. The molecule has 1 fully saturated rings. The van der Waals surface area contributed by atoms with Gasteiger partial charge in [-0.2, -0.15) is 0 Å². The highest BCUT2D eigenvalue weighted by Crippen LogP contribution is 2.53. The van der Waals surface area contributed by atoms with Crippen LogP contribution in [0.2, 0.25) is 0 Å². The van der Waals surface area contributed by atoms with Gasteiger partial charge < -0.3 is 4.74 Å². The van der Waals surface area contributed by atoms with Gasteiger partial charge in [0, 0.05) is 16.9 Å². The number of methoxy groups -OCH3 is 1. The zero-order valence-corrected chi connectivity index (χ0v) is 12.8. The van der Waals surface area contributed by atoms with E-state index in [0.29, 0.717) is 5.92 Å². The normalized spacial score (nSPS) is 23.1. The Morgan fingerprint density at radius 1 is 1.05 bits per heavy atom. The Labute approximate surface area is 127 Å². The number of rotatable bonds is 2. The number of benzene rings is 2. The Morgan fingerprint density at radius 3 is 2.33 bits per heavy atom. The highest BCUT2D eigenvalue weighted by Gasteiger charge is 2.50. The molecule has 2 aromatic carbocycles. The van der Waals surface area contributed by atoms with Gasteiger partial charge in [0.05, 0.1) is 7.11 Å². The monoisotopic (exact) mass is 276 g/mol. The fourth-order valence-electron chi connectivity index (χ4n) is 2.67. The van der Waals surface area contributed by atoms with Gasteiger partial charge in [0.1, 0.15) is 5.75 Å². The smallest absolute Gasteiger partial charge is 0.118 e. The Hall–Kier alpha value is -2.20. The van der Waals surface area contributed by atoms with E-state index in [4.69, 9.17) is 4.74 Å². The molecule has 0 spiro atoms. The molecule has 0 unspecified atom stereocenters. The van der Waals surface area contributed by atoms with Crippen molar-refractivity contribution < 1.29 is 4.74 Å². The van der Waals surface area contributed by atoms with Crippen molar-refractivity contribution in [3.8, 4) is 17.6 Å². The largest absolute Gasteiger partial charge is 0.497 e. The van der Waals surface area contributed by atoms with Crippen LogP contribution in [0.15, 0.2) is 48.5 Å². The lowest BCUT2D eigenvalue weighted by Crippen LogP contribution is -2.03. The van der Waals surface area contributed by atoms with Crippen LogP contribution in [-0.4, -0.2) is 7.11 Å². The summed E-state index contributed by atoms with van der Waals surface area (Å²) in [6.45, 7) is 4.44. The molecule has 0 amide bonds. The van der Waals surface area contributed by atoms with Gasteiger partial charge in [-0.3, -0.25) is 0 Å². The van der Waals surface area contributed by atoms with E-state index < -0.39 is 0 Å². The molecule has 0 saturated heterocycles. The van der Waals surface area contributed by atoms with Crippen LogP contribution in [0.1, 0.15) is 30.0 Å². The Kier molecular flexibility index (Phi) is 3.47. The van der Waals surface area contributed by atoms with Gasteiger partial charge in [-0.1, -0.05) is 48.6 Å². The zero-order chi connectivity index (χ0) is 14.9. The fraction of sp³-hybridized carbons (Fsp3) is 0.300. The number of aryl methyl sites for hydroxylation is 1. The van der Waals surface area contributed by atoms with Gasteiger partial charge in [-0.25, -0.2) is 0 Å². The summed E-state index contributed by atoms with van der Waals surface area (Å²) in [5.74, 6) is 8.04. The van der Waals surface area contributed by atoms with Gasteiger partial charge in [0.2, 0.25) is 0 Å². The van der Waals surface area contributed by atoms with Crippen molar-refractivity contribution in [3.63, 3.8) is 0 Å². The van der Waals surface area contributed by atoms with E-state index in [2.05, 4.69) is 50.0 Å². The molecule has 1 aliphatic carbocycles. The first kappa shape index (κ1) is 13.8. The maximum atomic E-state index is 5.16. The van der Waals surface area contributed by atoms with E-state index in [9.17, 15) is 0 Å². The van der Waals surface area contributed by atoms with E-state index >= 15 is 0 Å². The summed E-state index contributed by atoms with van der Waals surface area (Å²) in [6, 6.07) is 16.8. The predicted octanol–water partition coefficient (Wildman–Crippen LogP) is 4.33. The van der Waals surface area contributed by atoms with Crippen molar-refractivity contribution in [2.45, 2.75) is 25.7 Å². The molecule has 0 aromatic heterocycles. The molecule has 0 aliphatic heterocycles. The second kappa shape index (κ2) is 5.30. The van der Waals surface area contributed by atoms with Crippen molar-refractivity contribution in [1.29, 1.82) is 0 Å². The molecule has 2 atom stereocenters.